The first-order valence-electron chi connectivity index (χ1n) is 3.71. The number of carboxylic acids is 1. The molecular formula is C8H16O3. The van der Waals surface area contributed by atoms with Gasteiger partial charge >= 0.3 is 5.97 Å². The van der Waals surface area contributed by atoms with E-state index in [1.807, 2.05) is 20.8 Å². The molecule has 66 valence electrons. The van der Waals surface area contributed by atoms with Gasteiger partial charge in [-0.15, -0.1) is 0 Å². The lowest BCUT2D eigenvalue weighted by atomic mass is 9.99. The fourth-order valence-electron chi connectivity index (χ4n) is 0.538. The molecule has 0 rings (SSSR count). The van der Waals surface area contributed by atoms with Crippen molar-refractivity contribution >= 4 is 5.97 Å². The molecule has 0 aliphatic rings. The Morgan fingerprint density at radius 1 is 1.45 bits per heavy atom. The van der Waals surface area contributed by atoms with Crippen molar-refractivity contribution in [2.75, 3.05) is 13.2 Å². The van der Waals surface area contributed by atoms with Crippen LogP contribution in [-0.4, -0.2) is 24.3 Å². The Labute approximate surface area is 67.4 Å². The summed E-state index contributed by atoms with van der Waals surface area (Å²) in [5.41, 5.74) is 0.124. The quantitative estimate of drug-likeness (QED) is 0.634. The maximum Gasteiger partial charge on any atom is 0.305 e. The van der Waals surface area contributed by atoms with E-state index in [4.69, 9.17) is 9.84 Å². The Balaban J connectivity index is 3.22. The predicted molar refractivity (Wildman–Crippen MR) is 42.5 cm³/mol. The SMILES string of the molecule is CC(C)(C)COCCC(=O)O. The van der Waals surface area contributed by atoms with E-state index in [9.17, 15) is 4.79 Å². The number of carboxylic acid groups (broad SMARTS) is 1. The monoisotopic (exact) mass is 160 g/mol. The van der Waals surface area contributed by atoms with Crippen LogP contribution in [0.4, 0.5) is 0 Å². The summed E-state index contributed by atoms with van der Waals surface area (Å²) in [6, 6.07) is 0. The molecule has 0 radical (unpaired) electrons. The van der Waals surface area contributed by atoms with E-state index in [-0.39, 0.29) is 11.8 Å². The fraction of sp³-hybridized carbons (Fsp3) is 0.875. The number of hydrogen-bond donors (Lipinski definition) is 1. The molecule has 0 aliphatic carbocycles. The Morgan fingerprint density at radius 3 is 2.36 bits per heavy atom. The summed E-state index contributed by atoms with van der Waals surface area (Å²) in [5, 5.41) is 8.26. The first-order valence-corrected chi connectivity index (χ1v) is 3.71. The molecule has 0 saturated carbocycles. The first kappa shape index (κ1) is 10.4. The third-order valence-electron chi connectivity index (χ3n) is 0.995. The molecule has 0 saturated heterocycles. The molecule has 0 aromatic carbocycles. The van der Waals surface area contributed by atoms with Crippen molar-refractivity contribution in [2.45, 2.75) is 27.2 Å². The van der Waals surface area contributed by atoms with Gasteiger partial charge in [0.05, 0.1) is 19.6 Å². The van der Waals surface area contributed by atoms with E-state index in [1.165, 1.54) is 0 Å². The van der Waals surface area contributed by atoms with Gasteiger partial charge in [0.1, 0.15) is 0 Å². The molecule has 0 heterocycles. The van der Waals surface area contributed by atoms with E-state index >= 15 is 0 Å². The van der Waals surface area contributed by atoms with Gasteiger partial charge in [-0.3, -0.25) is 4.79 Å². The largest absolute Gasteiger partial charge is 0.481 e. The van der Waals surface area contributed by atoms with Gasteiger partial charge in [0.2, 0.25) is 0 Å². The topological polar surface area (TPSA) is 46.5 Å². The van der Waals surface area contributed by atoms with Crippen molar-refractivity contribution in [1.82, 2.24) is 0 Å². The molecule has 0 spiro atoms. The highest BCUT2D eigenvalue weighted by atomic mass is 16.5. The zero-order chi connectivity index (χ0) is 8.91. The van der Waals surface area contributed by atoms with Crippen molar-refractivity contribution in [3.8, 4) is 0 Å². The lowest BCUT2D eigenvalue weighted by molar-refractivity contribution is -0.138. The molecule has 3 nitrogen and oxygen atoms in total. The smallest absolute Gasteiger partial charge is 0.305 e. The normalized spacial score (nSPS) is 11.5. The zero-order valence-corrected chi connectivity index (χ0v) is 7.39. The van der Waals surface area contributed by atoms with Crippen LogP contribution < -0.4 is 0 Å². The van der Waals surface area contributed by atoms with Crippen molar-refractivity contribution in [1.29, 1.82) is 0 Å². The Bertz CT molecular complexity index is 124. The van der Waals surface area contributed by atoms with Crippen LogP contribution in [0.2, 0.25) is 0 Å². The van der Waals surface area contributed by atoms with Gasteiger partial charge in [0.25, 0.3) is 0 Å². The van der Waals surface area contributed by atoms with Gasteiger partial charge in [-0.25, -0.2) is 0 Å². The predicted octanol–water partition coefficient (Wildman–Crippen LogP) is 1.52. The third kappa shape index (κ3) is 9.43. The van der Waals surface area contributed by atoms with Crippen molar-refractivity contribution in [3.05, 3.63) is 0 Å². The van der Waals surface area contributed by atoms with E-state index in [2.05, 4.69) is 0 Å². The average molecular weight is 160 g/mol. The summed E-state index contributed by atoms with van der Waals surface area (Å²) in [5.74, 6) is -0.807. The molecule has 0 unspecified atom stereocenters. The highest BCUT2D eigenvalue weighted by Crippen LogP contribution is 2.12. The average Bonchev–Trinajstić information content (AvgIpc) is 1.78. The molecule has 0 fully saturated rings. The molecule has 0 atom stereocenters. The first-order chi connectivity index (χ1) is 4.92. The lowest BCUT2D eigenvalue weighted by Crippen LogP contribution is -2.16. The second-order valence-corrected chi connectivity index (χ2v) is 3.76. The maximum atomic E-state index is 10.0. The van der Waals surface area contributed by atoms with E-state index < -0.39 is 5.97 Å². The second-order valence-electron chi connectivity index (χ2n) is 3.76. The van der Waals surface area contributed by atoms with Crippen LogP contribution in [0.3, 0.4) is 0 Å². The summed E-state index contributed by atoms with van der Waals surface area (Å²) < 4.78 is 5.13. The summed E-state index contributed by atoms with van der Waals surface area (Å²) in [4.78, 5) is 10.0. The summed E-state index contributed by atoms with van der Waals surface area (Å²) >= 11 is 0. The molecule has 3 heteroatoms. The molecule has 0 bridgehead atoms. The standard InChI is InChI=1S/C8H16O3/c1-8(2,3)6-11-5-4-7(9)10/h4-6H2,1-3H3,(H,9,10). The Morgan fingerprint density at radius 2 is 2.00 bits per heavy atom. The molecular weight excluding hydrogens is 144 g/mol. The Kier molecular flexibility index (Phi) is 4.11. The molecule has 0 aliphatic heterocycles. The van der Waals surface area contributed by atoms with Crippen LogP contribution in [0, 0.1) is 5.41 Å². The van der Waals surface area contributed by atoms with Gasteiger partial charge in [0, 0.05) is 0 Å². The number of ether oxygens (including phenoxy) is 1. The van der Waals surface area contributed by atoms with Crippen LogP contribution in [0.25, 0.3) is 0 Å². The van der Waals surface area contributed by atoms with Gasteiger partial charge in [0.15, 0.2) is 0 Å². The lowest BCUT2D eigenvalue weighted by Gasteiger charge is -2.17. The minimum atomic E-state index is -0.807. The molecule has 0 amide bonds. The van der Waals surface area contributed by atoms with Gasteiger partial charge < -0.3 is 9.84 Å². The van der Waals surface area contributed by atoms with Crippen molar-refractivity contribution in [3.63, 3.8) is 0 Å². The van der Waals surface area contributed by atoms with Gasteiger partial charge in [-0.05, 0) is 5.41 Å². The number of hydrogen-bond acceptors (Lipinski definition) is 2. The van der Waals surface area contributed by atoms with Crippen LogP contribution in [-0.2, 0) is 9.53 Å². The van der Waals surface area contributed by atoms with Gasteiger partial charge in [-0.2, -0.15) is 0 Å². The minimum absolute atomic E-state index is 0.0933. The highest BCUT2D eigenvalue weighted by molar-refractivity contribution is 5.66. The van der Waals surface area contributed by atoms with Crippen LogP contribution >= 0.6 is 0 Å². The van der Waals surface area contributed by atoms with E-state index in [0.29, 0.717) is 13.2 Å². The summed E-state index contributed by atoms with van der Waals surface area (Å²) in [7, 11) is 0. The Hall–Kier alpha value is -0.570. The summed E-state index contributed by atoms with van der Waals surface area (Å²) in [6.45, 7) is 7.07. The maximum absolute atomic E-state index is 10.0. The number of rotatable bonds is 4. The van der Waals surface area contributed by atoms with E-state index in [1.54, 1.807) is 0 Å². The second kappa shape index (κ2) is 4.34. The number of aliphatic carboxylic acids is 1. The van der Waals surface area contributed by atoms with Crippen LogP contribution in [0.1, 0.15) is 27.2 Å². The molecule has 0 aromatic heterocycles. The van der Waals surface area contributed by atoms with E-state index in [0.717, 1.165) is 0 Å². The number of carbonyl (C=O) groups is 1. The van der Waals surface area contributed by atoms with Gasteiger partial charge in [-0.1, -0.05) is 20.8 Å². The third-order valence-corrected chi connectivity index (χ3v) is 0.995. The zero-order valence-electron chi connectivity index (χ0n) is 7.39. The van der Waals surface area contributed by atoms with Crippen LogP contribution in [0.5, 0.6) is 0 Å². The minimum Gasteiger partial charge on any atom is -0.481 e. The molecule has 1 N–H and O–H groups in total. The fourth-order valence-corrected chi connectivity index (χ4v) is 0.538. The summed E-state index contributed by atoms with van der Waals surface area (Å²) in [6.07, 6.45) is 0.0933. The van der Waals surface area contributed by atoms with Crippen molar-refractivity contribution in [2.24, 2.45) is 5.41 Å². The molecule has 11 heavy (non-hydrogen) atoms. The van der Waals surface area contributed by atoms with Crippen molar-refractivity contribution < 1.29 is 14.6 Å². The van der Waals surface area contributed by atoms with Crippen LogP contribution in [0.15, 0.2) is 0 Å². The molecule has 0 aromatic rings. The highest BCUT2D eigenvalue weighted by Gasteiger charge is 2.09.